The number of hydrogen-bond acceptors (Lipinski definition) is 1. The van der Waals surface area contributed by atoms with E-state index in [1.807, 2.05) is 42.5 Å². The molecule has 0 aliphatic heterocycles. The maximum atomic E-state index is 11.7. The van der Waals surface area contributed by atoms with Gasteiger partial charge < -0.3 is 0 Å². The second-order valence-corrected chi connectivity index (χ2v) is 4.88. The highest BCUT2D eigenvalue weighted by Gasteiger charge is 1.98. The predicted octanol–water partition coefficient (Wildman–Crippen LogP) is 4.38. The smallest absolute Gasteiger partial charge is 0.155 e. The Kier molecular flexibility index (Phi) is 5.78. The molecular formula is C19H20O. The van der Waals surface area contributed by atoms with Crippen molar-refractivity contribution in [1.82, 2.24) is 0 Å². The molecule has 102 valence electrons. The Balaban J connectivity index is 1.68. The zero-order chi connectivity index (χ0) is 14.0. The van der Waals surface area contributed by atoms with Crippen LogP contribution in [0.15, 0.2) is 72.8 Å². The topological polar surface area (TPSA) is 17.1 Å². The van der Waals surface area contributed by atoms with E-state index in [1.165, 1.54) is 11.1 Å². The molecule has 0 aliphatic rings. The normalized spacial score (nSPS) is 10.8. The van der Waals surface area contributed by atoms with Crippen molar-refractivity contribution in [2.45, 2.75) is 25.7 Å². The molecule has 2 aromatic carbocycles. The van der Waals surface area contributed by atoms with Gasteiger partial charge in [-0.3, -0.25) is 4.79 Å². The molecule has 0 fully saturated rings. The average Bonchev–Trinajstić information content (AvgIpc) is 2.52. The number of carbonyl (C=O) groups excluding carboxylic acids is 1. The summed E-state index contributed by atoms with van der Waals surface area (Å²) in [5.41, 5.74) is 2.53. The summed E-state index contributed by atoms with van der Waals surface area (Å²) >= 11 is 0. The number of rotatable bonds is 7. The van der Waals surface area contributed by atoms with Gasteiger partial charge in [0.2, 0.25) is 0 Å². The molecule has 1 nitrogen and oxygen atoms in total. The van der Waals surface area contributed by atoms with E-state index in [9.17, 15) is 4.79 Å². The summed E-state index contributed by atoms with van der Waals surface area (Å²) in [5, 5.41) is 0. The number of ketones is 1. The van der Waals surface area contributed by atoms with Gasteiger partial charge in [-0.1, -0.05) is 66.7 Å². The molecule has 0 saturated carbocycles. The van der Waals surface area contributed by atoms with Crippen molar-refractivity contribution >= 4 is 5.78 Å². The summed E-state index contributed by atoms with van der Waals surface area (Å²) in [6, 6.07) is 20.5. The number of aryl methyl sites for hydroxylation is 2. The van der Waals surface area contributed by atoms with Crippen LogP contribution in [0.25, 0.3) is 0 Å². The Morgan fingerprint density at radius 2 is 1.35 bits per heavy atom. The average molecular weight is 264 g/mol. The Morgan fingerprint density at radius 3 is 1.95 bits per heavy atom. The first-order valence-corrected chi connectivity index (χ1v) is 7.12. The highest BCUT2D eigenvalue weighted by molar-refractivity contribution is 5.89. The molecule has 0 aromatic heterocycles. The summed E-state index contributed by atoms with van der Waals surface area (Å²) in [6.07, 6.45) is 7.03. The first kappa shape index (κ1) is 14.3. The van der Waals surface area contributed by atoms with Gasteiger partial charge in [-0.25, -0.2) is 0 Å². The highest BCUT2D eigenvalue weighted by Crippen LogP contribution is 2.05. The van der Waals surface area contributed by atoms with Crippen LogP contribution in [-0.4, -0.2) is 5.78 Å². The third kappa shape index (κ3) is 5.23. The minimum atomic E-state index is 0.210. The van der Waals surface area contributed by atoms with Crippen molar-refractivity contribution in [2.24, 2.45) is 0 Å². The van der Waals surface area contributed by atoms with Crippen molar-refractivity contribution in [1.29, 1.82) is 0 Å². The Labute approximate surface area is 121 Å². The monoisotopic (exact) mass is 264 g/mol. The zero-order valence-electron chi connectivity index (χ0n) is 11.7. The largest absolute Gasteiger partial charge is 0.295 e. The number of hydrogen-bond donors (Lipinski definition) is 0. The van der Waals surface area contributed by atoms with E-state index in [0.29, 0.717) is 6.42 Å². The van der Waals surface area contributed by atoms with Crippen LogP contribution in [0, 0.1) is 0 Å². The molecule has 20 heavy (non-hydrogen) atoms. The lowest BCUT2D eigenvalue weighted by Gasteiger charge is -1.98. The van der Waals surface area contributed by atoms with Gasteiger partial charge >= 0.3 is 0 Å². The number of benzene rings is 2. The molecule has 0 saturated heterocycles. The van der Waals surface area contributed by atoms with Crippen molar-refractivity contribution in [3.8, 4) is 0 Å². The first-order chi connectivity index (χ1) is 9.84. The van der Waals surface area contributed by atoms with Gasteiger partial charge in [-0.05, 0) is 36.5 Å². The molecule has 0 heterocycles. The second kappa shape index (κ2) is 8.11. The molecule has 0 bridgehead atoms. The third-order valence-electron chi connectivity index (χ3n) is 3.25. The first-order valence-electron chi connectivity index (χ1n) is 7.12. The number of allylic oxidation sites excluding steroid dienone is 2. The second-order valence-electron chi connectivity index (χ2n) is 4.88. The van der Waals surface area contributed by atoms with Gasteiger partial charge in [0.05, 0.1) is 0 Å². The molecule has 0 atom stereocenters. The van der Waals surface area contributed by atoms with Crippen LogP contribution >= 0.6 is 0 Å². The molecule has 2 rings (SSSR count). The fraction of sp³-hybridized carbons (Fsp3) is 0.211. The van der Waals surface area contributed by atoms with Gasteiger partial charge in [-0.15, -0.1) is 0 Å². The van der Waals surface area contributed by atoms with Crippen LogP contribution in [0.3, 0.4) is 0 Å². The van der Waals surface area contributed by atoms with Crippen LogP contribution in [0.2, 0.25) is 0 Å². The van der Waals surface area contributed by atoms with E-state index < -0.39 is 0 Å². The molecule has 0 aliphatic carbocycles. The fourth-order valence-electron chi connectivity index (χ4n) is 2.11. The van der Waals surface area contributed by atoms with Gasteiger partial charge in [0, 0.05) is 6.42 Å². The third-order valence-corrected chi connectivity index (χ3v) is 3.25. The lowest BCUT2D eigenvalue weighted by atomic mass is 10.1. The summed E-state index contributed by atoms with van der Waals surface area (Å²) in [6.45, 7) is 0. The fourth-order valence-corrected chi connectivity index (χ4v) is 2.11. The van der Waals surface area contributed by atoms with Crippen molar-refractivity contribution < 1.29 is 4.79 Å². The Bertz CT molecular complexity index is 540. The van der Waals surface area contributed by atoms with E-state index in [2.05, 4.69) is 24.3 Å². The highest BCUT2D eigenvalue weighted by atomic mass is 16.1. The summed E-state index contributed by atoms with van der Waals surface area (Å²) in [5.74, 6) is 0.210. The summed E-state index contributed by atoms with van der Waals surface area (Å²) in [4.78, 5) is 11.7. The van der Waals surface area contributed by atoms with E-state index in [1.54, 1.807) is 6.08 Å². The lowest BCUT2D eigenvalue weighted by Crippen LogP contribution is -1.96. The molecule has 0 amide bonds. The Morgan fingerprint density at radius 1 is 0.800 bits per heavy atom. The van der Waals surface area contributed by atoms with Gasteiger partial charge in [0.25, 0.3) is 0 Å². The van der Waals surface area contributed by atoms with Crippen LogP contribution < -0.4 is 0 Å². The van der Waals surface area contributed by atoms with Crippen LogP contribution in [0.5, 0.6) is 0 Å². The van der Waals surface area contributed by atoms with Crippen molar-refractivity contribution in [3.63, 3.8) is 0 Å². The SMILES string of the molecule is O=C(C=CCCc1ccccc1)CCc1ccccc1. The minimum Gasteiger partial charge on any atom is -0.295 e. The van der Waals surface area contributed by atoms with Crippen LogP contribution in [0.4, 0.5) is 0 Å². The maximum absolute atomic E-state index is 11.7. The van der Waals surface area contributed by atoms with Gasteiger partial charge in [-0.2, -0.15) is 0 Å². The molecular weight excluding hydrogens is 244 g/mol. The maximum Gasteiger partial charge on any atom is 0.155 e. The number of carbonyl (C=O) groups is 1. The Hall–Kier alpha value is -2.15. The summed E-state index contributed by atoms with van der Waals surface area (Å²) < 4.78 is 0. The van der Waals surface area contributed by atoms with Crippen LogP contribution in [-0.2, 0) is 17.6 Å². The molecule has 0 N–H and O–H groups in total. The standard InChI is InChI=1S/C19H20O/c20-19(16-15-18-11-5-2-6-12-18)14-8-7-13-17-9-3-1-4-10-17/h1-6,8-12,14H,7,13,15-16H2. The minimum absolute atomic E-state index is 0.210. The van der Waals surface area contributed by atoms with Crippen molar-refractivity contribution in [3.05, 3.63) is 83.9 Å². The van der Waals surface area contributed by atoms with E-state index >= 15 is 0 Å². The molecule has 2 aromatic rings. The zero-order valence-corrected chi connectivity index (χ0v) is 11.7. The quantitative estimate of drug-likeness (QED) is 0.678. The molecule has 0 spiro atoms. The van der Waals surface area contributed by atoms with E-state index in [0.717, 1.165) is 19.3 Å². The van der Waals surface area contributed by atoms with Crippen molar-refractivity contribution in [2.75, 3.05) is 0 Å². The van der Waals surface area contributed by atoms with Gasteiger partial charge in [0.1, 0.15) is 0 Å². The predicted molar refractivity (Wildman–Crippen MR) is 83.7 cm³/mol. The van der Waals surface area contributed by atoms with Gasteiger partial charge in [0.15, 0.2) is 5.78 Å². The summed E-state index contributed by atoms with van der Waals surface area (Å²) in [7, 11) is 0. The van der Waals surface area contributed by atoms with E-state index in [-0.39, 0.29) is 5.78 Å². The van der Waals surface area contributed by atoms with Crippen LogP contribution in [0.1, 0.15) is 24.0 Å². The molecule has 0 radical (unpaired) electrons. The van der Waals surface area contributed by atoms with E-state index in [4.69, 9.17) is 0 Å². The molecule has 1 heteroatoms. The lowest BCUT2D eigenvalue weighted by molar-refractivity contribution is -0.114. The molecule has 0 unspecified atom stereocenters.